The minimum atomic E-state index is 0.382. The van der Waals surface area contributed by atoms with E-state index in [4.69, 9.17) is 0 Å². The van der Waals surface area contributed by atoms with E-state index in [1.54, 1.807) is 0 Å². The Balaban J connectivity index is 1.72. The zero-order valence-corrected chi connectivity index (χ0v) is 10.7. The Bertz CT molecular complexity index is 499. The average Bonchev–Trinajstić information content (AvgIpc) is 2.84. The van der Waals surface area contributed by atoms with E-state index < -0.39 is 0 Å². The lowest BCUT2D eigenvalue weighted by atomic mass is 9.92. The molecule has 0 saturated heterocycles. The van der Waals surface area contributed by atoms with Gasteiger partial charge in [-0.2, -0.15) is 5.10 Å². The van der Waals surface area contributed by atoms with Gasteiger partial charge in [0.2, 0.25) is 0 Å². The normalized spacial score (nSPS) is 17.4. The van der Waals surface area contributed by atoms with Gasteiger partial charge in [0.25, 0.3) is 0 Å². The first kappa shape index (κ1) is 11.5. The van der Waals surface area contributed by atoms with E-state index >= 15 is 0 Å². The van der Waals surface area contributed by atoms with Crippen molar-refractivity contribution in [2.75, 3.05) is 0 Å². The summed E-state index contributed by atoms with van der Waals surface area (Å²) in [6.07, 6.45) is 8.08. The number of aromatic nitrogens is 2. The van der Waals surface area contributed by atoms with Crippen molar-refractivity contribution in [3.05, 3.63) is 48.3 Å². The van der Waals surface area contributed by atoms with Crippen LogP contribution in [0.25, 0.3) is 5.69 Å². The lowest BCUT2D eigenvalue weighted by Gasteiger charge is -2.29. The fourth-order valence-corrected chi connectivity index (χ4v) is 2.31. The predicted molar refractivity (Wildman–Crippen MR) is 72.8 cm³/mol. The first-order valence-corrected chi connectivity index (χ1v) is 6.69. The summed E-state index contributed by atoms with van der Waals surface area (Å²) in [5.74, 6) is 0. The van der Waals surface area contributed by atoms with Crippen molar-refractivity contribution in [2.24, 2.45) is 0 Å². The average molecular weight is 241 g/mol. The summed E-state index contributed by atoms with van der Waals surface area (Å²) >= 11 is 0. The summed E-state index contributed by atoms with van der Waals surface area (Å²) in [5.41, 5.74) is 2.37. The molecule has 1 saturated carbocycles. The summed E-state index contributed by atoms with van der Waals surface area (Å²) in [5, 5.41) is 8.08. The highest BCUT2D eigenvalue weighted by Crippen LogP contribution is 2.22. The van der Waals surface area contributed by atoms with Crippen molar-refractivity contribution in [1.82, 2.24) is 15.1 Å². The van der Waals surface area contributed by atoms with Crippen LogP contribution in [0.15, 0.2) is 42.7 Å². The van der Waals surface area contributed by atoms with Crippen molar-refractivity contribution < 1.29 is 0 Å². The van der Waals surface area contributed by atoms with Crippen LogP contribution in [-0.2, 0) is 0 Å². The van der Waals surface area contributed by atoms with Crippen molar-refractivity contribution >= 4 is 0 Å². The maximum absolute atomic E-state index is 4.44. The molecule has 0 radical (unpaired) electrons. The van der Waals surface area contributed by atoms with Gasteiger partial charge in [0.15, 0.2) is 0 Å². The van der Waals surface area contributed by atoms with Crippen molar-refractivity contribution in [2.45, 2.75) is 38.3 Å². The molecule has 1 aromatic carbocycles. The highest BCUT2D eigenvalue weighted by molar-refractivity contribution is 5.31. The van der Waals surface area contributed by atoms with Gasteiger partial charge in [-0.3, -0.25) is 0 Å². The van der Waals surface area contributed by atoms with E-state index in [0.29, 0.717) is 12.1 Å². The molecule has 18 heavy (non-hydrogen) atoms. The summed E-state index contributed by atoms with van der Waals surface area (Å²) in [7, 11) is 0. The highest BCUT2D eigenvalue weighted by atomic mass is 15.3. The van der Waals surface area contributed by atoms with Gasteiger partial charge in [-0.25, -0.2) is 4.68 Å². The molecule has 1 N–H and O–H groups in total. The predicted octanol–water partition coefficient (Wildman–Crippen LogP) is 3.08. The molecule has 3 nitrogen and oxygen atoms in total. The molecule has 3 heteroatoms. The molecule has 1 fully saturated rings. The van der Waals surface area contributed by atoms with Crippen LogP contribution >= 0.6 is 0 Å². The zero-order valence-electron chi connectivity index (χ0n) is 10.7. The molecule has 0 spiro atoms. The molecule has 1 unspecified atom stereocenters. The number of hydrogen-bond acceptors (Lipinski definition) is 2. The van der Waals surface area contributed by atoms with E-state index in [-0.39, 0.29) is 0 Å². The van der Waals surface area contributed by atoms with Gasteiger partial charge in [0.05, 0.1) is 11.9 Å². The molecule has 94 valence electrons. The molecule has 3 rings (SSSR count). The maximum Gasteiger partial charge on any atom is 0.0645 e. The number of benzene rings is 1. The van der Waals surface area contributed by atoms with Gasteiger partial charge < -0.3 is 5.32 Å². The minimum absolute atomic E-state index is 0.382. The number of hydrogen-bond donors (Lipinski definition) is 1. The van der Waals surface area contributed by atoms with Crippen molar-refractivity contribution in [1.29, 1.82) is 0 Å². The molecule has 0 amide bonds. The van der Waals surface area contributed by atoms with Crippen LogP contribution in [0.3, 0.4) is 0 Å². The SMILES string of the molecule is CC(NC1CCC1)c1cnn(-c2ccccc2)c1. The van der Waals surface area contributed by atoms with Gasteiger partial charge in [0.1, 0.15) is 0 Å². The lowest BCUT2D eigenvalue weighted by Crippen LogP contribution is -2.36. The van der Waals surface area contributed by atoms with Crippen LogP contribution in [0.4, 0.5) is 0 Å². The first-order chi connectivity index (χ1) is 8.83. The van der Waals surface area contributed by atoms with Crippen molar-refractivity contribution in [3.63, 3.8) is 0 Å². The van der Waals surface area contributed by atoms with E-state index in [1.807, 2.05) is 29.1 Å². The lowest BCUT2D eigenvalue weighted by molar-refractivity contribution is 0.313. The number of nitrogens with zero attached hydrogens (tertiary/aromatic N) is 2. The van der Waals surface area contributed by atoms with Crippen LogP contribution in [0.2, 0.25) is 0 Å². The Hall–Kier alpha value is -1.61. The minimum Gasteiger partial charge on any atom is -0.307 e. The molecule has 1 atom stereocenters. The van der Waals surface area contributed by atoms with Crippen LogP contribution in [-0.4, -0.2) is 15.8 Å². The number of para-hydroxylation sites is 1. The van der Waals surface area contributed by atoms with Crippen molar-refractivity contribution in [3.8, 4) is 5.69 Å². The van der Waals surface area contributed by atoms with E-state index in [0.717, 1.165) is 5.69 Å². The molecule has 1 heterocycles. The monoisotopic (exact) mass is 241 g/mol. The van der Waals surface area contributed by atoms with Gasteiger partial charge in [0, 0.05) is 23.8 Å². The second-order valence-corrected chi connectivity index (χ2v) is 5.07. The van der Waals surface area contributed by atoms with Gasteiger partial charge in [-0.05, 0) is 31.9 Å². The number of rotatable bonds is 4. The molecule has 1 aliphatic rings. The smallest absolute Gasteiger partial charge is 0.0645 e. The van der Waals surface area contributed by atoms with Gasteiger partial charge in [-0.15, -0.1) is 0 Å². The molecule has 1 aromatic heterocycles. The van der Waals surface area contributed by atoms with Gasteiger partial charge in [-0.1, -0.05) is 24.6 Å². The molecule has 0 aliphatic heterocycles. The fraction of sp³-hybridized carbons (Fsp3) is 0.400. The van der Waals surface area contributed by atoms with E-state index in [2.05, 4.69) is 35.7 Å². The molecule has 0 bridgehead atoms. The Morgan fingerprint density at radius 3 is 2.72 bits per heavy atom. The molecule has 1 aliphatic carbocycles. The Morgan fingerprint density at radius 1 is 1.28 bits per heavy atom. The van der Waals surface area contributed by atoms with Crippen LogP contribution in [0, 0.1) is 0 Å². The summed E-state index contributed by atoms with van der Waals surface area (Å²) in [4.78, 5) is 0. The first-order valence-electron chi connectivity index (χ1n) is 6.69. The van der Waals surface area contributed by atoms with Gasteiger partial charge >= 0.3 is 0 Å². The second-order valence-electron chi connectivity index (χ2n) is 5.07. The Morgan fingerprint density at radius 2 is 2.06 bits per heavy atom. The third-order valence-electron chi connectivity index (χ3n) is 3.71. The fourth-order valence-electron chi connectivity index (χ4n) is 2.31. The number of nitrogens with one attached hydrogen (secondary N) is 1. The van der Waals surface area contributed by atoms with E-state index in [9.17, 15) is 0 Å². The zero-order chi connectivity index (χ0) is 12.4. The topological polar surface area (TPSA) is 29.9 Å². The summed E-state index contributed by atoms with van der Waals surface area (Å²) in [6, 6.07) is 11.3. The highest BCUT2D eigenvalue weighted by Gasteiger charge is 2.20. The summed E-state index contributed by atoms with van der Waals surface area (Å²) < 4.78 is 1.94. The van der Waals surface area contributed by atoms with Crippen LogP contribution in [0.5, 0.6) is 0 Å². The summed E-state index contributed by atoms with van der Waals surface area (Å²) in [6.45, 7) is 2.21. The quantitative estimate of drug-likeness (QED) is 0.891. The second kappa shape index (κ2) is 4.94. The largest absolute Gasteiger partial charge is 0.307 e. The molecular weight excluding hydrogens is 222 g/mol. The Kier molecular flexibility index (Phi) is 3.15. The molecular formula is C15H19N3. The third-order valence-corrected chi connectivity index (χ3v) is 3.71. The molecule has 2 aromatic rings. The Labute approximate surface area is 108 Å². The van der Waals surface area contributed by atoms with E-state index in [1.165, 1.54) is 24.8 Å². The maximum atomic E-state index is 4.44. The third kappa shape index (κ3) is 2.31. The van der Waals surface area contributed by atoms with Crippen LogP contribution in [0.1, 0.15) is 37.8 Å². The van der Waals surface area contributed by atoms with Crippen LogP contribution < -0.4 is 5.32 Å². The standard InChI is InChI=1S/C15H19N3/c1-12(17-14-6-5-7-14)13-10-16-18(11-13)15-8-3-2-4-9-15/h2-4,8-12,14,17H,5-7H2,1H3.